The normalized spacial score (nSPS) is 23.9. The minimum absolute atomic E-state index is 0.0606. The van der Waals surface area contributed by atoms with E-state index >= 15 is 0 Å². The topological polar surface area (TPSA) is 52.7 Å². The van der Waals surface area contributed by atoms with Crippen molar-refractivity contribution >= 4 is 11.9 Å². The summed E-state index contributed by atoms with van der Waals surface area (Å²) < 4.78 is 0. The predicted molar refractivity (Wildman–Crippen MR) is 86.4 cm³/mol. The van der Waals surface area contributed by atoms with Gasteiger partial charge in [0.2, 0.25) is 0 Å². The van der Waals surface area contributed by atoms with E-state index in [9.17, 15) is 9.59 Å². The van der Waals surface area contributed by atoms with Gasteiger partial charge in [0.25, 0.3) is 5.91 Å². The van der Waals surface area contributed by atoms with Gasteiger partial charge in [-0.15, -0.1) is 6.58 Å². The Morgan fingerprint density at radius 3 is 2.61 bits per heavy atom. The van der Waals surface area contributed by atoms with Crippen molar-refractivity contribution in [2.45, 2.75) is 24.9 Å². The van der Waals surface area contributed by atoms with Gasteiger partial charge in [-0.2, -0.15) is 0 Å². The average molecular weight is 309 g/mol. The Balaban J connectivity index is 1.78. The third-order valence-corrected chi connectivity index (χ3v) is 4.68. The standard InChI is InChI=1S/C18H19N3O2/c1-2-10-20-14-11-21(13-8-9-13)17(22)15(14)16(19-18(20)23)12-6-4-3-5-7-12/h2-7,13,16H,1,8-11H2,(H,19,23). The summed E-state index contributed by atoms with van der Waals surface area (Å²) in [6, 6.07) is 9.49. The van der Waals surface area contributed by atoms with Crippen LogP contribution >= 0.6 is 0 Å². The minimum atomic E-state index is -0.365. The molecule has 1 fully saturated rings. The Morgan fingerprint density at radius 2 is 1.96 bits per heavy atom. The number of nitrogens with zero attached hydrogens (tertiary/aromatic N) is 2. The van der Waals surface area contributed by atoms with Gasteiger partial charge in [0.05, 0.1) is 23.9 Å². The lowest BCUT2D eigenvalue weighted by atomic mass is 9.95. The second-order valence-electron chi connectivity index (χ2n) is 6.22. The molecule has 3 aliphatic rings. The van der Waals surface area contributed by atoms with E-state index in [-0.39, 0.29) is 18.0 Å². The Hall–Kier alpha value is -2.56. The van der Waals surface area contributed by atoms with Crippen molar-refractivity contribution in [3.8, 4) is 0 Å². The maximum absolute atomic E-state index is 12.9. The average Bonchev–Trinajstić information content (AvgIpc) is 3.35. The van der Waals surface area contributed by atoms with E-state index in [1.54, 1.807) is 11.0 Å². The number of carbonyl (C=O) groups excluding carboxylic acids is 2. The highest BCUT2D eigenvalue weighted by Crippen LogP contribution is 2.40. The molecule has 1 aromatic rings. The van der Waals surface area contributed by atoms with E-state index in [1.807, 2.05) is 35.2 Å². The molecule has 0 aromatic heterocycles. The summed E-state index contributed by atoms with van der Waals surface area (Å²) in [7, 11) is 0. The number of rotatable bonds is 4. The highest BCUT2D eigenvalue weighted by Gasteiger charge is 2.47. The number of nitrogens with one attached hydrogen (secondary N) is 1. The molecule has 1 saturated carbocycles. The number of carbonyl (C=O) groups is 2. The molecule has 0 radical (unpaired) electrons. The van der Waals surface area contributed by atoms with Crippen LogP contribution in [0.2, 0.25) is 0 Å². The highest BCUT2D eigenvalue weighted by molar-refractivity contribution is 6.01. The molecule has 1 N–H and O–H groups in total. The Morgan fingerprint density at radius 1 is 1.22 bits per heavy atom. The molecular weight excluding hydrogens is 290 g/mol. The summed E-state index contributed by atoms with van der Waals surface area (Å²) in [5, 5.41) is 2.98. The smallest absolute Gasteiger partial charge is 0.322 e. The van der Waals surface area contributed by atoms with Crippen LogP contribution in [0, 0.1) is 0 Å². The molecule has 2 heterocycles. The van der Waals surface area contributed by atoms with Gasteiger partial charge in [0.15, 0.2) is 0 Å². The molecule has 23 heavy (non-hydrogen) atoms. The summed E-state index contributed by atoms with van der Waals surface area (Å²) in [5.74, 6) is 0.0606. The van der Waals surface area contributed by atoms with Gasteiger partial charge in [-0.25, -0.2) is 4.79 Å². The fourth-order valence-electron chi connectivity index (χ4n) is 3.41. The number of amides is 3. The van der Waals surface area contributed by atoms with Gasteiger partial charge in [0, 0.05) is 12.6 Å². The van der Waals surface area contributed by atoms with Gasteiger partial charge in [-0.05, 0) is 18.4 Å². The van der Waals surface area contributed by atoms with E-state index in [1.165, 1.54) is 0 Å². The van der Waals surface area contributed by atoms with Gasteiger partial charge in [-0.1, -0.05) is 36.4 Å². The summed E-state index contributed by atoms with van der Waals surface area (Å²) in [4.78, 5) is 29.0. The van der Waals surface area contributed by atoms with Crippen LogP contribution < -0.4 is 5.32 Å². The zero-order valence-electron chi connectivity index (χ0n) is 12.9. The molecule has 3 amide bonds. The molecule has 4 rings (SSSR count). The molecule has 1 aromatic carbocycles. The van der Waals surface area contributed by atoms with Crippen LogP contribution in [-0.4, -0.2) is 40.9 Å². The molecule has 5 nitrogen and oxygen atoms in total. The van der Waals surface area contributed by atoms with Crippen molar-refractivity contribution in [2.75, 3.05) is 13.1 Å². The van der Waals surface area contributed by atoms with E-state index in [0.29, 0.717) is 24.7 Å². The summed E-state index contributed by atoms with van der Waals surface area (Å²) in [6.07, 6.45) is 3.81. The van der Waals surface area contributed by atoms with E-state index in [0.717, 1.165) is 24.1 Å². The Kier molecular flexibility index (Phi) is 3.22. The zero-order valence-corrected chi connectivity index (χ0v) is 12.9. The molecule has 0 saturated heterocycles. The molecule has 0 spiro atoms. The number of hydrogen-bond donors (Lipinski definition) is 1. The third kappa shape index (κ3) is 2.23. The maximum atomic E-state index is 12.9. The first-order chi connectivity index (χ1) is 11.2. The van der Waals surface area contributed by atoms with Crippen LogP contribution in [-0.2, 0) is 4.79 Å². The van der Waals surface area contributed by atoms with Crippen molar-refractivity contribution in [2.24, 2.45) is 0 Å². The van der Waals surface area contributed by atoms with Crippen molar-refractivity contribution in [3.05, 3.63) is 59.8 Å². The highest BCUT2D eigenvalue weighted by atomic mass is 16.2. The summed E-state index contributed by atoms with van der Waals surface area (Å²) in [5.41, 5.74) is 2.49. The van der Waals surface area contributed by atoms with Crippen LogP contribution in [0.25, 0.3) is 0 Å². The largest absolute Gasteiger partial charge is 0.330 e. The van der Waals surface area contributed by atoms with Crippen molar-refractivity contribution in [1.29, 1.82) is 0 Å². The van der Waals surface area contributed by atoms with Crippen LogP contribution in [0.5, 0.6) is 0 Å². The predicted octanol–water partition coefficient (Wildman–Crippen LogP) is 2.20. The van der Waals surface area contributed by atoms with Crippen molar-refractivity contribution in [3.63, 3.8) is 0 Å². The van der Waals surface area contributed by atoms with E-state index in [2.05, 4.69) is 11.9 Å². The molecule has 1 atom stereocenters. The quantitative estimate of drug-likeness (QED) is 0.867. The fraction of sp³-hybridized carbons (Fsp3) is 0.333. The third-order valence-electron chi connectivity index (χ3n) is 4.68. The minimum Gasteiger partial charge on any atom is -0.330 e. The first-order valence-electron chi connectivity index (χ1n) is 7.98. The molecule has 5 heteroatoms. The second kappa shape index (κ2) is 5.26. The van der Waals surface area contributed by atoms with Crippen LogP contribution in [0.4, 0.5) is 4.79 Å². The van der Waals surface area contributed by atoms with Crippen molar-refractivity contribution in [1.82, 2.24) is 15.1 Å². The number of hydrogen-bond acceptors (Lipinski definition) is 2. The summed E-state index contributed by atoms with van der Waals surface area (Å²) >= 11 is 0. The maximum Gasteiger partial charge on any atom is 0.322 e. The van der Waals surface area contributed by atoms with E-state index < -0.39 is 0 Å². The zero-order chi connectivity index (χ0) is 16.0. The lowest BCUT2D eigenvalue weighted by Crippen LogP contribution is -2.47. The van der Waals surface area contributed by atoms with Gasteiger partial charge in [0.1, 0.15) is 0 Å². The monoisotopic (exact) mass is 309 g/mol. The number of benzene rings is 1. The number of urea groups is 1. The van der Waals surface area contributed by atoms with Crippen LogP contribution in [0.15, 0.2) is 54.3 Å². The van der Waals surface area contributed by atoms with E-state index in [4.69, 9.17) is 0 Å². The second-order valence-corrected chi connectivity index (χ2v) is 6.22. The lowest BCUT2D eigenvalue weighted by molar-refractivity contribution is -0.126. The molecule has 1 unspecified atom stereocenters. The molecule has 2 aliphatic heterocycles. The summed E-state index contributed by atoms with van der Waals surface area (Å²) in [6.45, 7) is 4.67. The first kappa shape index (κ1) is 14.1. The lowest BCUT2D eigenvalue weighted by Gasteiger charge is -2.33. The van der Waals surface area contributed by atoms with Gasteiger partial charge < -0.3 is 10.2 Å². The molecule has 0 bridgehead atoms. The van der Waals surface area contributed by atoms with Gasteiger partial charge in [-0.3, -0.25) is 9.69 Å². The molecular formula is C18H19N3O2. The van der Waals surface area contributed by atoms with Crippen LogP contribution in [0.3, 0.4) is 0 Å². The first-order valence-corrected chi connectivity index (χ1v) is 7.98. The SMILES string of the molecule is C=CCN1C(=O)NC(c2ccccc2)C2=C1CN(C1CC1)C2=O. The van der Waals surface area contributed by atoms with Crippen LogP contribution in [0.1, 0.15) is 24.4 Å². The molecule has 118 valence electrons. The Labute approximate surface area is 135 Å². The van der Waals surface area contributed by atoms with Gasteiger partial charge >= 0.3 is 6.03 Å². The Bertz CT molecular complexity index is 706. The van der Waals surface area contributed by atoms with Crippen molar-refractivity contribution < 1.29 is 9.59 Å². The molecule has 1 aliphatic carbocycles. The fourth-order valence-corrected chi connectivity index (χ4v) is 3.41.